The van der Waals surface area contributed by atoms with Gasteiger partial charge in [-0.3, -0.25) is 0 Å². The Kier molecular flexibility index (Phi) is 5.83. The van der Waals surface area contributed by atoms with Crippen molar-refractivity contribution in [2.24, 2.45) is 0 Å². The third-order valence-corrected chi connectivity index (χ3v) is 5.21. The molecule has 5 N–H and O–H groups in total. The minimum Gasteiger partial charge on any atom is -0.415 e. The zero-order valence-electron chi connectivity index (χ0n) is 17.0. The van der Waals surface area contributed by atoms with E-state index in [4.69, 9.17) is 10.2 Å². The van der Waals surface area contributed by atoms with E-state index in [-0.39, 0.29) is 19.3 Å². The summed E-state index contributed by atoms with van der Waals surface area (Å²) in [5, 5.41) is 29.8. The number of nitrogens with one attached hydrogen (secondary N) is 1. The highest BCUT2D eigenvalue weighted by atomic mass is 19.4. The molecule has 178 valence electrons. The molecule has 3 rings (SSSR count). The van der Waals surface area contributed by atoms with E-state index >= 15 is 0 Å². The monoisotopic (exact) mass is 469 g/mol. The number of aliphatic hydroxyl groups is 2. The van der Waals surface area contributed by atoms with Crippen LogP contribution in [0.1, 0.15) is 51.0 Å². The standard InChI is InChI=1S/C18H21F6N5O3/c1-15(2)6-4-3-5-10(30)16(31,18(22,23)24)14-29-28-13(32-14)11-9(25)7-8(17(19,20)21)12(26-11)27-15/h7,10,30-31H,3-6,25H2,1-2H3,(H,26,27). The molecule has 0 fully saturated rings. The van der Waals surface area contributed by atoms with E-state index < -0.39 is 70.6 Å². The van der Waals surface area contributed by atoms with Crippen molar-refractivity contribution in [3.63, 3.8) is 0 Å². The maximum absolute atomic E-state index is 13.7. The summed E-state index contributed by atoms with van der Waals surface area (Å²) in [5.41, 5.74) is -1.46. The molecular weight excluding hydrogens is 448 g/mol. The van der Waals surface area contributed by atoms with Gasteiger partial charge >= 0.3 is 12.4 Å². The average Bonchev–Trinajstić information content (AvgIpc) is 3.13. The number of hydrogen-bond acceptors (Lipinski definition) is 8. The third kappa shape index (κ3) is 4.33. The highest BCUT2D eigenvalue weighted by Gasteiger charge is 2.63. The number of halogens is 6. The van der Waals surface area contributed by atoms with Crippen molar-refractivity contribution in [2.45, 2.75) is 69.1 Å². The van der Waals surface area contributed by atoms with Crippen molar-refractivity contribution < 1.29 is 41.0 Å². The van der Waals surface area contributed by atoms with Crippen LogP contribution in [0, 0.1) is 0 Å². The van der Waals surface area contributed by atoms with E-state index in [2.05, 4.69) is 20.5 Å². The number of rotatable bonds is 0. The number of aliphatic hydroxyl groups excluding tert-OH is 1. The molecule has 0 radical (unpaired) electrons. The summed E-state index contributed by atoms with van der Waals surface area (Å²) in [6, 6.07) is 0.557. The molecule has 0 spiro atoms. The number of alkyl halides is 6. The molecule has 14 heteroatoms. The van der Waals surface area contributed by atoms with E-state index in [1.165, 1.54) is 0 Å². The smallest absolute Gasteiger partial charge is 0.415 e. The molecule has 2 unspecified atom stereocenters. The second-order valence-corrected chi connectivity index (χ2v) is 8.27. The van der Waals surface area contributed by atoms with Gasteiger partial charge in [0.2, 0.25) is 0 Å². The van der Waals surface area contributed by atoms with Gasteiger partial charge in [0.05, 0.1) is 11.3 Å². The molecule has 0 saturated heterocycles. The molecule has 1 aliphatic heterocycles. The molecule has 8 nitrogen and oxygen atoms in total. The SMILES string of the molecule is CC1(C)CCCCC(O)C(O)(C(F)(F)F)c2nnc(o2)-c2nc(c(C(F)(F)F)cc2N)N1. The van der Waals surface area contributed by atoms with Crippen molar-refractivity contribution in [3.8, 4) is 11.6 Å². The van der Waals surface area contributed by atoms with Crippen LogP contribution in [0.15, 0.2) is 10.5 Å². The predicted octanol–water partition coefficient (Wildman–Crippen LogP) is 3.61. The fourth-order valence-corrected chi connectivity index (χ4v) is 3.43. The van der Waals surface area contributed by atoms with Crippen LogP contribution in [0.5, 0.6) is 0 Å². The van der Waals surface area contributed by atoms with Gasteiger partial charge in [0.25, 0.3) is 17.4 Å². The van der Waals surface area contributed by atoms with Crippen molar-refractivity contribution >= 4 is 11.5 Å². The normalized spacial score (nSPS) is 24.5. The average molecular weight is 469 g/mol. The van der Waals surface area contributed by atoms with Crippen LogP contribution < -0.4 is 11.1 Å². The van der Waals surface area contributed by atoms with Gasteiger partial charge < -0.3 is 25.7 Å². The van der Waals surface area contributed by atoms with Crippen LogP contribution in [0.25, 0.3) is 11.6 Å². The quantitative estimate of drug-likeness (QED) is 0.431. The number of aromatic nitrogens is 3. The summed E-state index contributed by atoms with van der Waals surface area (Å²) in [6.45, 7) is 3.17. The van der Waals surface area contributed by atoms with Gasteiger partial charge in [-0.25, -0.2) is 4.98 Å². The Morgan fingerprint density at radius 2 is 1.81 bits per heavy atom. The molecule has 32 heavy (non-hydrogen) atoms. The second kappa shape index (κ2) is 7.76. The molecule has 4 bridgehead atoms. The second-order valence-electron chi connectivity index (χ2n) is 8.27. The first-order valence-corrected chi connectivity index (χ1v) is 9.53. The Morgan fingerprint density at radius 1 is 1.16 bits per heavy atom. The summed E-state index contributed by atoms with van der Waals surface area (Å²) < 4.78 is 86.7. The minimum atomic E-state index is -5.39. The number of hydrogen-bond donors (Lipinski definition) is 4. The molecule has 2 atom stereocenters. The largest absolute Gasteiger partial charge is 0.428 e. The number of nitrogens with two attached hydrogens (primary N) is 1. The fraction of sp³-hybridized carbons (Fsp3) is 0.611. The van der Waals surface area contributed by atoms with Crippen molar-refractivity contribution in [1.29, 1.82) is 0 Å². The molecule has 1 aliphatic rings. The topological polar surface area (TPSA) is 130 Å². The molecule has 0 amide bonds. The lowest BCUT2D eigenvalue weighted by Crippen LogP contribution is -2.52. The van der Waals surface area contributed by atoms with Crippen LogP contribution >= 0.6 is 0 Å². The maximum Gasteiger partial charge on any atom is 0.428 e. The lowest BCUT2D eigenvalue weighted by molar-refractivity contribution is -0.306. The molecule has 2 aromatic heterocycles. The van der Waals surface area contributed by atoms with Gasteiger partial charge in [0.1, 0.15) is 11.9 Å². The lowest BCUT2D eigenvalue weighted by Gasteiger charge is -2.32. The zero-order valence-corrected chi connectivity index (χ0v) is 17.0. The van der Waals surface area contributed by atoms with Gasteiger partial charge in [0, 0.05) is 5.54 Å². The first kappa shape index (κ1) is 24.0. The third-order valence-electron chi connectivity index (χ3n) is 5.21. The predicted molar refractivity (Wildman–Crippen MR) is 99.1 cm³/mol. The Morgan fingerprint density at radius 3 is 2.41 bits per heavy atom. The summed E-state index contributed by atoms with van der Waals surface area (Å²) in [7, 11) is 0. The van der Waals surface area contributed by atoms with Gasteiger partial charge in [-0.2, -0.15) is 26.3 Å². The summed E-state index contributed by atoms with van der Waals surface area (Å²) in [6.07, 6.45) is -12.6. The van der Waals surface area contributed by atoms with Gasteiger partial charge in [-0.15, -0.1) is 10.2 Å². The molecule has 3 heterocycles. The molecular formula is C18H21F6N5O3. The highest BCUT2D eigenvalue weighted by molar-refractivity contribution is 5.71. The number of anilines is 2. The maximum atomic E-state index is 13.7. The van der Waals surface area contributed by atoms with E-state index in [0.29, 0.717) is 6.07 Å². The van der Waals surface area contributed by atoms with Crippen molar-refractivity contribution in [3.05, 3.63) is 17.5 Å². The molecule has 0 aromatic carbocycles. The molecule has 2 aromatic rings. The van der Waals surface area contributed by atoms with Crippen LogP contribution in [0.4, 0.5) is 37.8 Å². The van der Waals surface area contributed by atoms with Crippen LogP contribution in [-0.4, -0.2) is 43.2 Å². The summed E-state index contributed by atoms with van der Waals surface area (Å²) in [4.78, 5) is 3.82. The van der Waals surface area contributed by atoms with E-state index in [1.807, 2.05) is 0 Å². The van der Waals surface area contributed by atoms with E-state index in [0.717, 1.165) is 0 Å². The number of nitrogen functional groups attached to an aromatic ring is 1. The first-order chi connectivity index (χ1) is 14.6. The fourth-order valence-electron chi connectivity index (χ4n) is 3.43. The van der Waals surface area contributed by atoms with Crippen molar-refractivity contribution in [1.82, 2.24) is 15.2 Å². The Labute approximate surface area is 177 Å². The number of pyridine rings is 1. The Hall–Kier alpha value is -2.61. The minimum absolute atomic E-state index is 0.0260. The van der Waals surface area contributed by atoms with Crippen LogP contribution in [0.3, 0.4) is 0 Å². The number of fused-ring (bicyclic) bond motifs is 5. The van der Waals surface area contributed by atoms with E-state index in [1.54, 1.807) is 13.8 Å². The summed E-state index contributed by atoms with van der Waals surface area (Å²) in [5.74, 6) is -2.74. The Balaban J connectivity index is 2.24. The van der Waals surface area contributed by atoms with Crippen LogP contribution in [0.2, 0.25) is 0 Å². The molecule has 0 saturated carbocycles. The van der Waals surface area contributed by atoms with Crippen molar-refractivity contribution in [2.75, 3.05) is 11.1 Å². The summed E-state index contributed by atoms with van der Waals surface area (Å²) >= 11 is 0. The van der Waals surface area contributed by atoms with Crippen LogP contribution in [-0.2, 0) is 11.8 Å². The lowest BCUT2D eigenvalue weighted by atomic mass is 9.89. The zero-order chi connectivity index (χ0) is 24.1. The molecule has 0 aliphatic carbocycles. The number of nitrogens with zero attached hydrogens (tertiary/aromatic N) is 3. The van der Waals surface area contributed by atoms with E-state index in [9.17, 15) is 36.6 Å². The van der Waals surface area contributed by atoms with Gasteiger partial charge in [-0.1, -0.05) is 12.8 Å². The Bertz CT molecular complexity index is 990. The van der Waals surface area contributed by atoms with Gasteiger partial charge in [-0.05, 0) is 32.8 Å². The van der Waals surface area contributed by atoms with Gasteiger partial charge in [0.15, 0.2) is 5.69 Å². The highest BCUT2D eigenvalue weighted by Crippen LogP contribution is 2.44. The first-order valence-electron chi connectivity index (χ1n) is 9.53.